The maximum atomic E-state index is 12.2. The van der Waals surface area contributed by atoms with Crippen LogP contribution in [-0.4, -0.2) is 33.2 Å². The Labute approximate surface area is 131 Å². The first-order valence-corrected chi connectivity index (χ1v) is 6.98. The number of carbonyl (C=O) groups is 1. The quantitative estimate of drug-likeness (QED) is 0.803. The molecule has 0 spiro atoms. The van der Waals surface area contributed by atoms with Gasteiger partial charge in [0.15, 0.2) is 5.76 Å². The summed E-state index contributed by atoms with van der Waals surface area (Å²) in [6.07, 6.45) is 1.39. The second-order valence-corrected chi connectivity index (χ2v) is 5.21. The van der Waals surface area contributed by atoms with Gasteiger partial charge in [-0.2, -0.15) is 5.10 Å². The highest BCUT2D eigenvalue weighted by Crippen LogP contribution is 2.20. The van der Waals surface area contributed by atoms with Crippen molar-refractivity contribution in [3.63, 3.8) is 0 Å². The minimum Gasteiger partial charge on any atom is -0.359 e. The van der Waals surface area contributed by atoms with Crippen LogP contribution < -0.4 is 0 Å². The van der Waals surface area contributed by atoms with Crippen molar-refractivity contribution < 1.29 is 9.32 Å². The van der Waals surface area contributed by atoms with E-state index < -0.39 is 0 Å². The smallest absolute Gasteiger partial charge is 0.273 e. The minimum atomic E-state index is -0.264. The number of benzene rings is 1. The molecule has 2 heterocycles. The number of nitrogens with one attached hydrogen (secondary N) is 1. The molecule has 0 saturated heterocycles. The third-order valence-electron chi connectivity index (χ3n) is 3.18. The largest absolute Gasteiger partial charge is 0.359 e. The Balaban J connectivity index is 1.73. The van der Waals surface area contributed by atoms with Crippen LogP contribution in [0.2, 0.25) is 5.02 Å². The van der Waals surface area contributed by atoms with Gasteiger partial charge in [0.2, 0.25) is 0 Å². The van der Waals surface area contributed by atoms with Crippen molar-refractivity contribution >= 4 is 17.5 Å². The fraction of sp³-hybridized carbons (Fsp3) is 0.133. The molecule has 2 aromatic heterocycles. The molecule has 22 heavy (non-hydrogen) atoms. The lowest BCUT2D eigenvalue weighted by atomic mass is 10.1. The summed E-state index contributed by atoms with van der Waals surface area (Å²) in [6, 6.07) is 11.5. The number of halogens is 1. The monoisotopic (exact) mass is 316 g/mol. The van der Waals surface area contributed by atoms with Gasteiger partial charge in [0.1, 0.15) is 11.4 Å². The van der Waals surface area contributed by atoms with Crippen molar-refractivity contribution in [3.8, 4) is 11.3 Å². The van der Waals surface area contributed by atoms with Crippen LogP contribution in [0, 0.1) is 0 Å². The van der Waals surface area contributed by atoms with Gasteiger partial charge in [-0.15, -0.1) is 0 Å². The van der Waals surface area contributed by atoms with Crippen molar-refractivity contribution in [1.82, 2.24) is 20.3 Å². The molecule has 0 atom stereocenters. The van der Waals surface area contributed by atoms with Crippen molar-refractivity contribution in [2.24, 2.45) is 0 Å². The number of amides is 1. The van der Waals surface area contributed by atoms with Gasteiger partial charge in [0.25, 0.3) is 5.91 Å². The Hall–Kier alpha value is -2.60. The molecular weight excluding hydrogens is 304 g/mol. The number of H-pyrrole nitrogens is 1. The normalized spacial score (nSPS) is 10.6. The van der Waals surface area contributed by atoms with Crippen LogP contribution in [0.3, 0.4) is 0 Å². The van der Waals surface area contributed by atoms with Crippen LogP contribution in [0.5, 0.6) is 0 Å². The number of carbonyl (C=O) groups excluding carboxylic acids is 1. The fourth-order valence-corrected chi connectivity index (χ4v) is 2.22. The van der Waals surface area contributed by atoms with Crippen molar-refractivity contribution in [1.29, 1.82) is 0 Å². The molecule has 1 amide bonds. The van der Waals surface area contributed by atoms with Crippen LogP contribution >= 0.6 is 11.6 Å². The molecule has 112 valence electrons. The second-order valence-electron chi connectivity index (χ2n) is 4.80. The molecule has 0 bridgehead atoms. The number of aromatic amines is 1. The number of rotatable bonds is 4. The molecule has 0 saturated carbocycles. The van der Waals surface area contributed by atoms with E-state index in [4.69, 9.17) is 16.1 Å². The first-order valence-electron chi connectivity index (χ1n) is 6.60. The van der Waals surface area contributed by atoms with E-state index in [-0.39, 0.29) is 18.1 Å². The van der Waals surface area contributed by atoms with Gasteiger partial charge in [0.05, 0.1) is 17.8 Å². The predicted octanol–water partition coefficient (Wildman–Crippen LogP) is 2.99. The van der Waals surface area contributed by atoms with E-state index in [9.17, 15) is 4.79 Å². The molecule has 6 nitrogen and oxygen atoms in total. The summed E-state index contributed by atoms with van der Waals surface area (Å²) in [7, 11) is 1.66. The van der Waals surface area contributed by atoms with E-state index in [2.05, 4.69) is 15.4 Å². The van der Waals surface area contributed by atoms with E-state index in [0.717, 1.165) is 11.3 Å². The van der Waals surface area contributed by atoms with Crippen LogP contribution in [0.1, 0.15) is 16.2 Å². The average molecular weight is 317 g/mol. The highest BCUT2D eigenvalue weighted by Gasteiger charge is 2.19. The fourth-order valence-electron chi connectivity index (χ4n) is 2.05. The standard InChI is InChI=1S/C15H13ClN4O2/c1-20(15(21)14-12(16)8-17-18-14)9-11-7-13(19-22-11)10-5-3-2-4-6-10/h2-8H,9H2,1H3,(H,17,18). The lowest BCUT2D eigenvalue weighted by molar-refractivity contribution is 0.0766. The number of hydrogen-bond acceptors (Lipinski definition) is 4. The van der Waals surface area contributed by atoms with Gasteiger partial charge in [-0.1, -0.05) is 47.1 Å². The third kappa shape index (κ3) is 2.87. The minimum absolute atomic E-state index is 0.256. The van der Waals surface area contributed by atoms with E-state index in [0.29, 0.717) is 10.8 Å². The molecule has 0 fully saturated rings. The summed E-state index contributed by atoms with van der Waals surface area (Å²) < 4.78 is 5.28. The van der Waals surface area contributed by atoms with Crippen LogP contribution in [0.25, 0.3) is 11.3 Å². The molecule has 0 aliphatic rings. The molecule has 3 aromatic rings. The Kier molecular flexibility index (Phi) is 3.93. The predicted molar refractivity (Wildman–Crippen MR) is 81.3 cm³/mol. The summed E-state index contributed by atoms with van der Waals surface area (Å²) in [4.78, 5) is 13.7. The van der Waals surface area contributed by atoms with Crippen LogP contribution in [0.4, 0.5) is 0 Å². The molecule has 0 aliphatic heterocycles. The molecule has 7 heteroatoms. The zero-order valence-corrected chi connectivity index (χ0v) is 12.5. The van der Waals surface area contributed by atoms with Gasteiger partial charge in [-0.25, -0.2) is 0 Å². The molecular formula is C15H13ClN4O2. The zero-order chi connectivity index (χ0) is 15.5. The lowest BCUT2D eigenvalue weighted by Gasteiger charge is -2.14. The Morgan fingerprint density at radius 3 is 2.82 bits per heavy atom. The van der Waals surface area contributed by atoms with Crippen molar-refractivity contribution in [2.75, 3.05) is 7.05 Å². The molecule has 3 rings (SSSR count). The third-order valence-corrected chi connectivity index (χ3v) is 3.46. The van der Waals surface area contributed by atoms with E-state index in [1.54, 1.807) is 7.05 Å². The van der Waals surface area contributed by atoms with Gasteiger partial charge in [-0.05, 0) is 0 Å². The van der Waals surface area contributed by atoms with Gasteiger partial charge in [-0.3, -0.25) is 9.89 Å². The second kappa shape index (κ2) is 6.03. The topological polar surface area (TPSA) is 75.0 Å². The van der Waals surface area contributed by atoms with Gasteiger partial charge < -0.3 is 9.42 Å². The molecule has 0 aliphatic carbocycles. The molecule has 0 radical (unpaired) electrons. The van der Waals surface area contributed by atoms with Crippen LogP contribution in [0.15, 0.2) is 47.1 Å². The molecule has 1 N–H and O–H groups in total. The first-order chi connectivity index (χ1) is 10.6. The lowest BCUT2D eigenvalue weighted by Crippen LogP contribution is -2.26. The summed E-state index contributed by atoms with van der Waals surface area (Å²) in [6.45, 7) is 0.286. The maximum absolute atomic E-state index is 12.2. The number of hydrogen-bond donors (Lipinski definition) is 1. The summed E-state index contributed by atoms with van der Waals surface area (Å²) in [5, 5.41) is 10.6. The molecule has 1 aromatic carbocycles. The Bertz CT molecular complexity index is 782. The van der Waals surface area contributed by atoms with E-state index in [1.807, 2.05) is 36.4 Å². The van der Waals surface area contributed by atoms with E-state index in [1.165, 1.54) is 11.1 Å². The summed E-state index contributed by atoms with van der Waals surface area (Å²) >= 11 is 5.89. The maximum Gasteiger partial charge on any atom is 0.273 e. The average Bonchev–Trinajstić information content (AvgIpc) is 3.16. The van der Waals surface area contributed by atoms with Crippen molar-refractivity contribution in [3.05, 3.63) is 59.1 Å². The highest BCUT2D eigenvalue weighted by molar-refractivity contribution is 6.33. The Morgan fingerprint density at radius 2 is 2.14 bits per heavy atom. The summed E-state index contributed by atoms with van der Waals surface area (Å²) in [5.41, 5.74) is 1.95. The number of nitrogens with zero attached hydrogens (tertiary/aromatic N) is 3. The Morgan fingerprint density at radius 1 is 1.36 bits per heavy atom. The van der Waals surface area contributed by atoms with Gasteiger partial charge >= 0.3 is 0 Å². The zero-order valence-electron chi connectivity index (χ0n) is 11.8. The highest BCUT2D eigenvalue weighted by atomic mass is 35.5. The van der Waals surface area contributed by atoms with Crippen molar-refractivity contribution in [2.45, 2.75) is 6.54 Å². The van der Waals surface area contributed by atoms with E-state index >= 15 is 0 Å². The van der Waals surface area contributed by atoms with Gasteiger partial charge in [0, 0.05) is 18.7 Å². The first kappa shape index (κ1) is 14.3. The van der Waals surface area contributed by atoms with Crippen LogP contribution in [-0.2, 0) is 6.54 Å². The number of aromatic nitrogens is 3. The summed E-state index contributed by atoms with van der Waals surface area (Å²) in [5.74, 6) is 0.325. The SMILES string of the molecule is CN(Cc1cc(-c2ccccc2)no1)C(=O)c1[nH]ncc1Cl. The molecule has 0 unspecified atom stereocenters.